The first-order valence-corrected chi connectivity index (χ1v) is 7.06. The van der Waals surface area contributed by atoms with E-state index in [-0.39, 0.29) is 0 Å². The maximum Gasteiger partial charge on any atom is 0.338 e. The average Bonchev–Trinajstić information content (AvgIpc) is 2.37. The first-order chi connectivity index (χ1) is 8.53. The highest BCUT2D eigenvalue weighted by Gasteiger charge is 2.37. The van der Waals surface area contributed by atoms with Gasteiger partial charge < -0.3 is 9.84 Å². The molecule has 1 N–H and O–H groups in total. The number of nitrogens with zero attached hydrogens (tertiary/aromatic N) is 1. The predicted octanol–water partition coefficient (Wildman–Crippen LogP) is 1.42. The highest BCUT2D eigenvalue weighted by atomic mass is 16.5. The summed E-state index contributed by atoms with van der Waals surface area (Å²) < 4.78 is 4.65. The van der Waals surface area contributed by atoms with E-state index in [4.69, 9.17) is 0 Å². The van der Waals surface area contributed by atoms with Gasteiger partial charge in [0.1, 0.15) is 0 Å². The van der Waals surface area contributed by atoms with Crippen LogP contribution in [0.1, 0.15) is 39.0 Å². The van der Waals surface area contributed by atoms with E-state index >= 15 is 0 Å². The summed E-state index contributed by atoms with van der Waals surface area (Å²) in [6, 6.07) is 0. The van der Waals surface area contributed by atoms with Crippen LogP contribution in [0, 0.1) is 11.8 Å². The Labute approximate surface area is 109 Å². The Morgan fingerprint density at radius 1 is 1.33 bits per heavy atom. The van der Waals surface area contributed by atoms with Crippen molar-refractivity contribution >= 4 is 5.97 Å². The number of carbonyl (C=O) groups is 1. The van der Waals surface area contributed by atoms with Crippen molar-refractivity contribution in [1.29, 1.82) is 0 Å². The largest absolute Gasteiger partial charge is 0.467 e. The lowest BCUT2D eigenvalue weighted by atomic mass is 9.75. The number of likely N-dealkylation sites (tertiary alicyclic amines) is 1. The number of carbonyl (C=O) groups excluding carboxylic acids is 1. The van der Waals surface area contributed by atoms with E-state index in [1.54, 1.807) is 6.92 Å². The second-order valence-corrected chi connectivity index (χ2v) is 6.09. The van der Waals surface area contributed by atoms with Gasteiger partial charge in [-0.2, -0.15) is 0 Å². The van der Waals surface area contributed by atoms with Crippen molar-refractivity contribution in [1.82, 2.24) is 4.90 Å². The first-order valence-electron chi connectivity index (χ1n) is 7.06. The lowest BCUT2D eigenvalue weighted by Gasteiger charge is -2.42. The monoisotopic (exact) mass is 255 g/mol. The molecule has 3 unspecified atom stereocenters. The summed E-state index contributed by atoms with van der Waals surface area (Å²) in [6.07, 6.45) is 6.60. The van der Waals surface area contributed by atoms with E-state index in [1.165, 1.54) is 39.2 Å². The number of ether oxygens (including phenoxy) is 1. The van der Waals surface area contributed by atoms with Gasteiger partial charge in [0, 0.05) is 13.1 Å². The molecule has 1 saturated carbocycles. The van der Waals surface area contributed by atoms with Crippen LogP contribution in [0.3, 0.4) is 0 Å². The zero-order valence-electron chi connectivity index (χ0n) is 11.5. The van der Waals surface area contributed by atoms with E-state index in [0.29, 0.717) is 6.54 Å². The molecular weight excluding hydrogens is 230 g/mol. The number of rotatable bonds is 3. The van der Waals surface area contributed by atoms with Gasteiger partial charge in [0.2, 0.25) is 0 Å². The minimum atomic E-state index is -1.38. The quantitative estimate of drug-likeness (QED) is 0.775. The van der Waals surface area contributed by atoms with Crippen molar-refractivity contribution < 1.29 is 14.6 Å². The molecule has 2 aliphatic rings. The van der Waals surface area contributed by atoms with Crippen molar-refractivity contribution in [3.8, 4) is 0 Å². The maximum atomic E-state index is 11.5. The van der Waals surface area contributed by atoms with Crippen molar-refractivity contribution in [3.63, 3.8) is 0 Å². The van der Waals surface area contributed by atoms with Gasteiger partial charge in [-0.25, -0.2) is 4.79 Å². The Balaban J connectivity index is 1.89. The molecule has 1 heterocycles. The molecule has 0 bridgehead atoms. The summed E-state index contributed by atoms with van der Waals surface area (Å²) in [4.78, 5) is 13.7. The molecule has 2 fully saturated rings. The second kappa shape index (κ2) is 5.57. The molecule has 1 saturated heterocycles. The first kappa shape index (κ1) is 13.8. The summed E-state index contributed by atoms with van der Waals surface area (Å²) >= 11 is 0. The van der Waals surface area contributed by atoms with Gasteiger partial charge in [-0.1, -0.05) is 19.3 Å². The number of hydrogen-bond acceptors (Lipinski definition) is 4. The summed E-state index contributed by atoms with van der Waals surface area (Å²) in [5, 5.41) is 10.1. The Morgan fingerprint density at radius 2 is 2.00 bits per heavy atom. The van der Waals surface area contributed by atoms with Gasteiger partial charge in [-0.15, -0.1) is 0 Å². The summed E-state index contributed by atoms with van der Waals surface area (Å²) in [7, 11) is 1.32. The minimum absolute atomic E-state index is 0.392. The summed E-state index contributed by atoms with van der Waals surface area (Å²) in [5.74, 6) is 1.10. The van der Waals surface area contributed by atoms with Crippen molar-refractivity contribution in [3.05, 3.63) is 0 Å². The zero-order valence-corrected chi connectivity index (χ0v) is 11.5. The summed E-state index contributed by atoms with van der Waals surface area (Å²) in [5.41, 5.74) is -1.38. The summed E-state index contributed by atoms with van der Waals surface area (Å²) in [6.45, 7) is 3.96. The molecule has 104 valence electrons. The van der Waals surface area contributed by atoms with Crippen molar-refractivity contribution in [2.45, 2.75) is 44.6 Å². The standard InChI is InChI=1S/C14H25NO3/c1-14(17,13(16)18-2)10-15-8-7-11-5-3-4-6-12(11)9-15/h11-12,17H,3-10H2,1-2H3. The molecule has 0 amide bonds. The van der Waals surface area contributed by atoms with Crippen LogP contribution < -0.4 is 0 Å². The van der Waals surface area contributed by atoms with Gasteiger partial charge in [0.25, 0.3) is 0 Å². The Kier molecular flexibility index (Phi) is 4.28. The fourth-order valence-corrected chi connectivity index (χ4v) is 3.54. The van der Waals surface area contributed by atoms with Crippen LogP contribution >= 0.6 is 0 Å². The van der Waals surface area contributed by atoms with Crippen LogP contribution in [-0.4, -0.2) is 48.3 Å². The highest BCUT2D eigenvalue weighted by molar-refractivity contribution is 5.78. The molecular formula is C14H25NO3. The van der Waals surface area contributed by atoms with Gasteiger partial charge in [-0.05, 0) is 38.1 Å². The fraction of sp³-hybridized carbons (Fsp3) is 0.929. The number of aliphatic hydroxyl groups is 1. The van der Waals surface area contributed by atoms with Gasteiger partial charge in [0.05, 0.1) is 7.11 Å². The number of esters is 1. The van der Waals surface area contributed by atoms with Crippen LogP contribution in [0.4, 0.5) is 0 Å². The second-order valence-electron chi connectivity index (χ2n) is 6.09. The fourth-order valence-electron chi connectivity index (χ4n) is 3.54. The number of hydrogen-bond donors (Lipinski definition) is 1. The number of fused-ring (bicyclic) bond motifs is 1. The molecule has 1 aliphatic heterocycles. The van der Waals surface area contributed by atoms with Gasteiger partial charge in [-0.3, -0.25) is 4.90 Å². The van der Waals surface area contributed by atoms with Crippen molar-refractivity contribution in [2.24, 2.45) is 11.8 Å². The molecule has 1 aliphatic carbocycles. The van der Waals surface area contributed by atoms with Crippen LogP contribution in [0.5, 0.6) is 0 Å². The third-order valence-electron chi connectivity index (χ3n) is 4.53. The van der Waals surface area contributed by atoms with Crippen LogP contribution in [-0.2, 0) is 9.53 Å². The van der Waals surface area contributed by atoms with E-state index in [0.717, 1.165) is 24.9 Å². The maximum absolute atomic E-state index is 11.5. The zero-order chi connectivity index (χ0) is 13.2. The predicted molar refractivity (Wildman–Crippen MR) is 69.1 cm³/mol. The van der Waals surface area contributed by atoms with Gasteiger partial charge >= 0.3 is 5.97 Å². The molecule has 3 atom stereocenters. The number of β-amino-alcohol motifs (C(OH)–C–C–N with tert-alkyl or cyclic N) is 1. The van der Waals surface area contributed by atoms with Crippen LogP contribution in [0.25, 0.3) is 0 Å². The third-order valence-corrected chi connectivity index (χ3v) is 4.53. The van der Waals surface area contributed by atoms with Crippen molar-refractivity contribution in [2.75, 3.05) is 26.7 Å². The molecule has 4 heteroatoms. The average molecular weight is 255 g/mol. The Bertz CT molecular complexity index is 303. The van der Waals surface area contributed by atoms with E-state index in [2.05, 4.69) is 9.64 Å². The molecule has 0 aromatic carbocycles. The van der Waals surface area contributed by atoms with Crippen LogP contribution in [0.15, 0.2) is 0 Å². The SMILES string of the molecule is COC(=O)C(C)(O)CN1CCC2CCCCC2C1. The van der Waals surface area contributed by atoms with Crippen LogP contribution in [0.2, 0.25) is 0 Å². The smallest absolute Gasteiger partial charge is 0.338 e. The molecule has 2 rings (SSSR count). The Hall–Kier alpha value is -0.610. The lowest BCUT2D eigenvalue weighted by molar-refractivity contribution is -0.163. The Morgan fingerprint density at radius 3 is 2.67 bits per heavy atom. The normalized spacial score (nSPS) is 32.4. The number of piperidine rings is 1. The topological polar surface area (TPSA) is 49.8 Å². The van der Waals surface area contributed by atoms with E-state index in [9.17, 15) is 9.90 Å². The number of methoxy groups -OCH3 is 1. The highest BCUT2D eigenvalue weighted by Crippen LogP contribution is 2.36. The third kappa shape index (κ3) is 3.04. The van der Waals surface area contributed by atoms with E-state index in [1.807, 2.05) is 0 Å². The molecule has 0 spiro atoms. The van der Waals surface area contributed by atoms with E-state index < -0.39 is 11.6 Å². The molecule has 0 aromatic heterocycles. The molecule has 0 aromatic rings. The minimum Gasteiger partial charge on any atom is -0.467 e. The van der Waals surface area contributed by atoms with Gasteiger partial charge in [0.15, 0.2) is 5.60 Å². The molecule has 0 radical (unpaired) electrons. The molecule has 18 heavy (non-hydrogen) atoms. The molecule has 4 nitrogen and oxygen atoms in total. The lowest BCUT2D eigenvalue weighted by Crippen LogP contribution is -2.51.